The molecular weight excluding hydrogens is 328 g/mol. The van der Waals surface area contributed by atoms with Crippen molar-refractivity contribution < 1.29 is 14.3 Å². The second-order valence-corrected chi connectivity index (χ2v) is 5.42. The Hall–Kier alpha value is -3.60. The number of benzene rings is 3. The lowest BCUT2D eigenvalue weighted by Gasteiger charge is -2.05. The molecule has 0 aliphatic carbocycles. The fourth-order valence-electron chi connectivity index (χ4n) is 2.24. The van der Waals surface area contributed by atoms with Gasteiger partial charge in [0.2, 0.25) is 0 Å². The lowest BCUT2D eigenvalue weighted by Crippen LogP contribution is -2.17. The number of amides is 1. The van der Waals surface area contributed by atoms with Crippen LogP contribution in [0.2, 0.25) is 0 Å². The van der Waals surface area contributed by atoms with Gasteiger partial charge >= 0.3 is 0 Å². The molecule has 0 aliphatic rings. The molecule has 26 heavy (non-hydrogen) atoms. The average Bonchev–Trinajstić information content (AvgIpc) is 2.70. The highest BCUT2D eigenvalue weighted by molar-refractivity contribution is 5.95. The lowest BCUT2D eigenvalue weighted by molar-refractivity contribution is 0.0955. The molecule has 5 nitrogen and oxygen atoms in total. The zero-order chi connectivity index (χ0) is 18.2. The lowest BCUT2D eigenvalue weighted by atomic mass is 10.2. The summed E-state index contributed by atoms with van der Waals surface area (Å²) >= 11 is 0. The molecule has 3 rings (SSSR count). The van der Waals surface area contributed by atoms with Gasteiger partial charge in [0, 0.05) is 5.56 Å². The third-order valence-corrected chi connectivity index (χ3v) is 3.57. The van der Waals surface area contributed by atoms with E-state index < -0.39 is 0 Å². The summed E-state index contributed by atoms with van der Waals surface area (Å²) in [5.74, 6) is 1.83. The second kappa shape index (κ2) is 8.48. The molecule has 0 fully saturated rings. The molecule has 0 unspecified atom stereocenters. The summed E-state index contributed by atoms with van der Waals surface area (Å²) in [4.78, 5) is 12.1. The molecule has 0 radical (unpaired) electrons. The molecule has 0 saturated carbocycles. The molecule has 0 spiro atoms. The van der Waals surface area contributed by atoms with Gasteiger partial charge in [-0.25, -0.2) is 5.43 Å². The summed E-state index contributed by atoms with van der Waals surface area (Å²) in [5.41, 5.74) is 3.82. The van der Waals surface area contributed by atoms with Gasteiger partial charge in [0.1, 0.15) is 17.2 Å². The molecule has 0 bridgehead atoms. The first kappa shape index (κ1) is 17.2. The molecule has 0 aromatic heterocycles. The number of carbonyl (C=O) groups is 1. The van der Waals surface area contributed by atoms with E-state index in [2.05, 4.69) is 10.5 Å². The van der Waals surface area contributed by atoms with Crippen molar-refractivity contribution >= 4 is 12.1 Å². The molecular formula is C21H18N2O3. The minimum atomic E-state index is -0.302. The fourth-order valence-corrected chi connectivity index (χ4v) is 2.24. The van der Waals surface area contributed by atoms with Gasteiger partial charge < -0.3 is 9.47 Å². The first-order chi connectivity index (χ1) is 12.7. The summed E-state index contributed by atoms with van der Waals surface area (Å²) in [5, 5.41) is 3.98. The van der Waals surface area contributed by atoms with E-state index in [-0.39, 0.29) is 5.91 Å². The van der Waals surface area contributed by atoms with Crippen molar-refractivity contribution in [3.05, 3.63) is 90.0 Å². The largest absolute Gasteiger partial charge is 0.497 e. The standard InChI is InChI=1S/C21H18N2O3/c1-25-20-9-5-6-17(14-20)21(24)23-22-15-16-10-12-19(13-11-16)26-18-7-3-2-4-8-18/h2-15H,1H3,(H,23,24)/b22-15+. The maximum Gasteiger partial charge on any atom is 0.271 e. The van der Waals surface area contributed by atoms with Crippen LogP contribution in [0.1, 0.15) is 15.9 Å². The summed E-state index contributed by atoms with van der Waals surface area (Å²) in [6.07, 6.45) is 1.57. The van der Waals surface area contributed by atoms with Gasteiger partial charge in [-0.15, -0.1) is 0 Å². The number of rotatable bonds is 6. The topological polar surface area (TPSA) is 59.9 Å². The minimum absolute atomic E-state index is 0.302. The zero-order valence-electron chi connectivity index (χ0n) is 14.3. The Morgan fingerprint density at radius 1 is 0.885 bits per heavy atom. The Kier molecular flexibility index (Phi) is 5.62. The van der Waals surface area contributed by atoms with Crippen LogP contribution in [0, 0.1) is 0 Å². The molecule has 0 heterocycles. The van der Waals surface area contributed by atoms with E-state index in [4.69, 9.17) is 9.47 Å². The van der Waals surface area contributed by atoms with Crippen LogP contribution >= 0.6 is 0 Å². The number of hydrogen-bond acceptors (Lipinski definition) is 4. The molecule has 0 atom stereocenters. The summed E-state index contributed by atoms with van der Waals surface area (Å²) < 4.78 is 10.8. The number of carbonyl (C=O) groups excluding carboxylic acids is 1. The number of methoxy groups -OCH3 is 1. The Balaban J connectivity index is 1.57. The van der Waals surface area contributed by atoms with Crippen LogP contribution in [-0.2, 0) is 0 Å². The van der Waals surface area contributed by atoms with Gasteiger partial charge in [-0.2, -0.15) is 5.10 Å². The highest BCUT2D eigenvalue weighted by atomic mass is 16.5. The first-order valence-corrected chi connectivity index (χ1v) is 8.05. The SMILES string of the molecule is COc1cccc(C(=O)N/N=C/c2ccc(Oc3ccccc3)cc2)c1. The predicted molar refractivity (Wildman–Crippen MR) is 101 cm³/mol. The number of hydrogen-bond donors (Lipinski definition) is 1. The minimum Gasteiger partial charge on any atom is -0.497 e. The number of hydrazone groups is 1. The van der Waals surface area contributed by atoms with Crippen LogP contribution in [0.25, 0.3) is 0 Å². The molecule has 3 aromatic rings. The zero-order valence-corrected chi connectivity index (χ0v) is 14.3. The van der Waals surface area contributed by atoms with E-state index in [1.807, 2.05) is 54.6 Å². The number of nitrogens with zero attached hydrogens (tertiary/aromatic N) is 1. The van der Waals surface area contributed by atoms with Gasteiger partial charge in [-0.05, 0) is 60.2 Å². The van der Waals surface area contributed by atoms with Crippen molar-refractivity contribution in [1.82, 2.24) is 5.43 Å². The third-order valence-electron chi connectivity index (χ3n) is 3.57. The molecule has 0 aliphatic heterocycles. The molecule has 130 valence electrons. The van der Waals surface area contributed by atoms with E-state index in [1.54, 1.807) is 37.6 Å². The Bertz CT molecular complexity index is 891. The fraction of sp³-hybridized carbons (Fsp3) is 0.0476. The highest BCUT2D eigenvalue weighted by Crippen LogP contribution is 2.20. The normalized spacial score (nSPS) is 10.5. The van der Waals surface area contributed by atoms with Crippen molar-refractivity contribution in [2.45, 2.75) is 0 Å². The number of ether oxygens (including phenoxy) is 2. The van der Waals surface area contributed by atoms with Crippen molar-refractivity contribution in [1.29, 1.82) is 0 Å². The van der Waals surface area contributed by atoms with E-state index >= 15 is 0 Å². The third kappa shape index (κ3) is 4.70. The Labute approximate surface area is 151 Å². The van der Waals surface area contributed by atoms with Gasteiger partial charge in [-0.3, -0.25) is 4.79 Å². The van der Waals surface area contributed by atoms with Gasteiger partial charge in [-0.1, -0.05) is 24.3 Å². The highest BCUT2D eigenvalue weighted by Gasteiger charge is 2.05. The Morgan fingerprint density at radius 2 is 1.58 bits per heavy atom. The smallest absolute Gasteiger partial charge is 0.271 e. The van der Waals surface area contributed by atoms with E-state index in [0.717, 1.165) is 17.1 Å². The van der Waals surface area contributed by atoms with Crippen LogP contribution < -0.4 is 14.9 Å². The maximum absolute atomic E-state index is 12.1. The molecule has 5 heteroatoms. The van der Waals surface area contributed by atoms with Crippen LogP contribution in [0.3, 0.4) is 0 Å². The summed E-state index contributed by atoms with van der Waals surface area (Å²) in [6.45, 7) is 0. The van der Waals surface area contributed by atoms with E-state index in [1.165, 1.54) is 0 Å². The molecule has 0 saturated heterocycles. The predicted octanol–water partition coefficient (Wildman–Crippen LogP) is 4.25. The average molecular weight is 346 g/mol. The van der Waals surface area contributed by atoms with Gasteiger partial charge in [0.05, 0.1) is 13.3 Å². The Morgan fingerprint density at radius 3 is 2.31 bits per heavy atom. The summed E-state index contributed by atoms with van der Waals surface area (Å²) in [7, 11) is 1.56. The van der Waals surface area contributed by atoms with Crippen LogP contribution in [0.5, 0.6) is 17.2 Å². The van der Waals surface area contributed by atoms with Gasteiger partial charge in [0.25, 0.3) is 5.91 Å². The molecule has 1 N–H and O–H groups in total. The first-order valence-electron chi connectivity index (χ1n) is 8.05. The number of para-hydroxylation sites is 1. The maximum atomic E-state index is 12.1. The quantitative estimate of drug-likeness (QED) is 0.536. The van der Waals surface area contributed by atoms with Crippen molar-refractivity contribution in [2.75, 3.05) is 7.11 Å². The van der Waals surface area contributed by atoms with E-state index in [0.29, 0.717) is 11.3 Å². The van der Waals surface area contributed by atoms with Crippen LogP contribution in [-0.4, -0.2) is 19.2 Å². The van der Waals surface area contributed by atoms with E-state index in [9.17, 15) is 4.79 Å². The van der Waals surface area contributed by atoms with Crippen molar-refractivity contribution in [3.63, 3.8) is 0 Å². The van der Waals surface area contributed by atoms with Crippen molar-refractivity contribution in [3.8, 4) is 17.2 Å². The van der Waals surface area contributed by atoms with Gasteiger partial charge in [0.15, 0.2) is 0 Å². The number of nitrogens with one attached hydrogen (secondary N) is 1. The van der Waals surface area contributed by atoms with Crippen LogP contribution in [0.4, 0.5) is 0 Å². The van der Waals surface area contributed by atoms with Crippen molar-refractivity contribution in [2.24, 2.45) is 5.10 Å². The summed E-state index contributed by atoms with van der Waals surface area (Å²) in [6, 6.07) is 23.9. The molecule has 1 amide bonds. The monoisotopic (exact) mass is 346 g/mol. The molecule has 3 aromatic carbocycles. The van der Waals surface area contributed by atoms with Crippen LogP contribution in [0.15, 0.2) is 84.0 Å². The second-order valence-electron chi connectivity index (χ2n) is 5.42.